The molecular formula is C17H20N2O2. The van der Waals surface area contributed by atoms with Gasteiger partial charge in [-0.3, -0.25) is 0 Å². The first-order valence-electron chi connectivity index (χ1n) is 6.87. The van der Waals surface area contributed by atoms with Crippen molar-refractivity contribution < 1.29 is 9.94 Å². The first-order valence-corrected chi connectivity index (χ1v) is 6.87. The maximum absolute atomic E-state index is 8.74. The predicted molar refractivity (Wildman–Crippen MR) is 84.1 cm³/mol. The number of amidine groups is 1. The van der Waals surface area contributed by atoms with Crippen LogP contribution in [-0.2, 0) is 6.42 Å². The Morgan fingerprint density at radius 2 is 1.76 bits per heavy atom. The molecule has 0 radical (unpaired) electrons. The Morgan fingerprint density at radius 1 is 1.14 bits per heavy atom. The summed E-state index contributed by atoms with van der Waals surface area (Å²) in [4.78, 5) is 0. The Bertz CT molecular complexity index is 613. The number of hydrogen-bond donors (Lipinski definition) is 2. The summed E-state index contributed by atoms with van der Waals surface area (Å²) < 4.78 is 5.90. The van der Waals surface area contributed by atoms with Crippen LogP contribution in [0.3, 0.4) is 0 Å². The van der Waals surface area contributed by atoms with Gasteiger partial charge in [-0.2, -0.15) is 0 Å². The van der Waals surface area contributed by atoms with E-state index in [4.69, 9.17) is 15.7 Å². The first kappa shape index (κ1) is 14.9. The van der Waals surface area contributed by atoms with E-state index in [0.29, 0.717) is 12.2 Å². The van der Waals surface area contributed by atoms with Crippen molar-refractivity contribution in [3.63, 3.8) is 0 Å². The van der Waals surface area contributed by atoms with Gasteiger partial charge < -0.3 is 15.7 Å². The van der Waals surface area contributed by atoms with E-state index in [-0.39, 0.29) is 5.84 Å². The van der Waals surface area contributed by atoms with Gasteiger partial charge in [-0.15, -0.1) is 0 Å². The van der Waals surface area contributed by atoms with Gasteiger partial charge in [0.25, 0.3) is 0 Å². The SMILES string of the molecule is Cc1cc(C(N)=NO)cc(C)c1OCCc1ccccc1. The predicted octanol–water partition coefficient (Wildman–Crippen LogP) is 3.02. The fourth-order valence-electron chi connectivity index (χ4n) is 2.30. The minimum atomic E-state index is 0.108. The quantitative estimate of drug-likeness (QED) is 0.384. The summed E-state index contributed by atoms with van der Waals surface area (Å²) >= 11 is 0. The third-order valence-corrected chi connectivity index (χ3v) is 3.34. The van der Waals surface area contributed by atoms with Crippen LogP contribution in [0.2, 0.25) is 0 Å². The second kappa shape index (κ2) is 6.79. The van der Waals surface area contributed by atoms with Crippen molar-refractivity contribution in [3.05, 3.63) is 64.7 Å². The van der Waals surface area contributed by atoms with Crippen LogP contribution in [0.5, 0.6) is 5.75 Å². The molecule has 21 heavy (non-hydrogen) atoms. The molecule has 0 unspecified atom stereocenters. The van der Waals surface area contributed by atoms with Crippen LogP contribution in [0, 0.1) is 13.8 Å². The van der Waals surface area contributed by atoms with Crippen molar-refractivity contribution in [1.29, 1.82) is 0 Å². The molecule has 0 bridgehead atoms. The van der Waals surface area contributed by atoms with Crippen molar-refractivity contribution in [2.45, 2.75) is 20.3 Å². The fraction of sp³-hybridized carbons (Fsp3) is 0.235. The maximum atomic E-state index is 8.74. The molecule has 0 saturated carbocycles. The number of benzene rings is 2. The largest absolute Gasteiger partial charge is 0.493 e. The lowest BCUT2D eigenvalue weighted by Gasteiger charge is -2.14. The zero-order chi connectivity index (χ0) is 15.2. The molecule has 2 aromatic carbocycles. The summed E-state index contributed by atoms with van der Waals surface area (Å²) in [6, 6.07) is 14.0. The summed E-state index contributed by atoms with van der Waals surface area (Å²) in [6.45, 7) is 4.53. The normalized spacial score (nSPS) is 11.4. The number of aryl methyl sites for hydroxylation is 2. The summed E-state index contributed by atoms with van der Waals surface area (Å²) in [7, 11) is 0. The number of rotatable bonds is 5. The molecule has 2 aromatic rings. The number of nitrogens with two attached hydrogens (primary N) is 1. The molecule has 4 heteroatoms. The van der Waals surface area contributed by atoms with Gasteiger partial charge in [0.05, 0.1) is 6.61 Å². The molecule has 0 aliphatic heterocycles. The Balaban J connectivity index is 2.07. The monoisotopic (exact) mass is 284 g/mol. The Kier molecular flexibility index (Phi) is 4.82. The summed E-state index contributed by atoms with van der Waals surface area (Å²) in [5.41, 5.74) is 9.52. The molecule has 2 rings (SSSR count). The topological polar surface area (TPSA) is 67.8 Å². The van der Waals surface area contributed by atoms with Gasteiger partial charge >= 0.3 is 0 Å². The second-order valence-corrected chi connectivity index (χ2v) is 5.01. The van der Waals surface area contributed by atoms with E-state index in [1.165, 1.54) is 5.56 Å². The van der Waals surface area contributed by atoms with Gasteiger partial charge in [0, 0.05) is 12.0 Å². The molecule has 0 spiro atoms. The van der Waals surface area contributed by atoms with Crippen LogP contribution in [0.15, 0.2) is 47.6 Å². The van der Waals surface area contributed by atoms with E-state index >= 15 is 0 Å². The molecule has 3 N–H and O–H groups in total. The van der Waals surface area contributed by atoms with Crippen LogP contribution < -0.4 is 10.5 Å². The standard InChI is InChI=1S/C17H20N2O2/c1-12-10-15(17(18)19-20)11-13(2)16(12)21-9-8-14-6-4-3-5-7-14/h3-7,10-11,20H,8-9H2,1-2H3,(H2,18,19). The van der Waals surface area contributed by atoms with Crippen LogP contribution in [-0.4, -0.2) is 17.6 Å². The van der Waals surface area contributed by atoms with Gasteiger partial charge in [-0.05, 0) is 42.7 Å². The van der Waals surface area contributed by atoms with Crippen LogP contribution in [0.25, 0.3) is 0 Å². The van der Waals surface area contributed by atoms with E-state index in [1.54, 1.807) is 0 Å². The third kappa shape index (κ3) is 3.75. The number of nitrogens with zero attached hydrogens (tertiary/aromatic N) is 1. The molecule has 0 aliphatic carbocycles. The lowest BCUT2D eigenvalue weighted by molar-refractivity contribution is 0.316. The maximum Gasteiger partial charge on any atom is 0.170 e. The molecule has 0 atom stereocenters. The Hall–Kier alpha value is -2.49. The van der Waals surface area contributed by atoms with E-state index in [9.17, 15) is 0 Å². The van der Waals surface area contributed by atoms with E-state index in [0.717, 1.165) is 23.3 Å². The van der Waals surface area contributed by atoms with Gasteiger partial charge in [-0.1, -0.05) is 35.5 Å². The highest BCUT2D eigenvalue weighted by atomic mass is 16.5. The van der Waals surface area contributed by atoms with Crippen LogP contribution >= 0.6 is 0 Å². The smallest absolute Gasteiger partial charge is 0.170 e. The van der Waals surface area contributed by atoms with Crippen molar-refractivity contribution >= 4 is 5.84 Å². The van der Waals surface area contributed by atoms with Gasteiger partial charge in [0.1, 0.15) is 5.75 Å². The van der Waals surface area contributed by atoms with Crippen LogP contribution in [0.1, 0.15) is 22.3 Å². The van der Waals surface area contributed by atoms with E-state index in [1.807, 2.05) is 44.2 Å². The molecule has 4 nitrogen and oxygen atoms in total. The first-order chi connectivity index (χ1) is 10.1. The summed E-state index contributed by atoms with van der Waals surface area (Å²) in [6.07, 6.45) is 0.863. The number of ether oxygens (including phenoxy) is 1. The highest BCUT2D eigenvalue weighted by molar-refractivity contribution is 5.97. The van der Waals surface area contributed by atoms with E-state index in [2.05, 4.69) is 17.3 Å². The highest BCUT2D eigenvalue weighted by Crippen LogP contribution is 2.25. The minimum Gasteiger partial charge on any atom is -0.493 e. The number of oxime groups is 1. The van der Waals surface area contributed by atoms with Gasteiger partial charge in [0.2, 0.25) is 0 Å². The zero-order valence-electron chi connectivity index (χ0n) is 12.3. The molecule has 0 fully saturated rings. The van der Waals surface area contributed by atoms with Crippen molar-refractivity contribution in [2.75, 3.05) is 6.61 Å². The Morgan fingerprint density at radius 3 is 2.33 bits per heavy atom. The molecule has 0 aromatic heterocycles. The zero-order valence-corrected chi connectivity index (χ0v) is 12.3. The average molecular weight is 284 g/mol. The van der Waals surface area contributed by atoms with Gasteiger partial charge in [-0.25, -0.2) is 0 Å². The lowest BCUT2D eigenvalue weighted by Crippen LogP contribution is -2.14. The lowest BCUT2D eigenvalue weighted by atomic mass is 10.0. The van der Waals surface area contributed by atoms with Crippen molar-refractivity contribution in [3.8, 4) is 5.75 Å². The molecule has 0 heterocycles. The molecule has 110 valence electrons. The highest BCUT2D eigenvalue weighted by Gasteiger charge is 2.09. The average Bonchev–Trinajstić information content (AvgIpc) is 2.50. The summed E-state index contributed by atoms with van der Waals surface area (Å²) in [5.74, 6) is 0.970. The Labute approximate surface area is 124 Å². The summed E-state index contributed by atoms with van der Waals surface area (Å²) in [5, 5.41) is 11.8. The minimum absolute atomic E-state index is 0.108. The second-order valence-electron chi connectivity index (χ2n) is 5.01. The van der Waals surface area contributed by atoms with Crippen molar-refractivity contribution in [2.24, 2.45) is 10.9 Å². The number of hydrogen-bond acceptors (Lipinski definition) is 3. The molecule has 0 amide bonds. The van der Waals surface area contributed by atoms with Crippen molar-refractivity contribution in [1.82, 2.24) is 0 Å². The van der Waals surface area contributed by atoms with Crippen LogP contribution in [0.4, 0.5) is 0 Å². The fourth-order valence-corrected chi connectivity index (χ4v) is 2.30. The van der Waals surface area contributed by atoms with E-state index < -0.39 is 0 Å². The molecule has 0 aliphatic rings. The molecule has 0 saturated heterocycles. The third-order valence-electron chi connectivity index (χ3n) is 3.34. The molecular weight excluding hydrogens is 264 g/mol. The van der Waals surface area contributed by atoms with Gasteiger partial charge in [0.15, 0.2) is 5.84 Å².